The Labute approximate surface area is 112 Å². The highest BCUT2D eigenvalue weighted by Crippen LogP contribution is 2.41. The summed E-state index contributed by atoms with van der Waals surface area (Å²) in [4.78, 5) is 9.60. The van der Waals surface area contributed by atoms with Crippen molar-refractivity contribution in [3.05, 3.63) is 34.3 Å². The zero-order valence-corrected chi connectivity index (χ0v) is 10.8. The molecule has 0 N–H and O–H groups in total. The summed E-state index contributed by atoms with van der Waals surface area (Å²) in [6.07, 6.45) is 2.31. The van der Waals surface area contributed by atoms with Crippen molar-refractivity contribution < 1.29 is 4.74 Å². The minimum atomic E-state index is 0.317. The Hall–Kier alpha value is -1.78. The number of rotatable bonds is 3. The molecule has 3 rings (SSSR count). The highest BCUT2D eigenvalue weighted by Gasteiger charge is 2.44. The number of aromatic nitrogens is 1. The Morgan fingerprint density at radius 3 is 2.89 bits per heavy atom. The SMILES string of the molecule is [N-]=[N+]=NCc1cccc(N2CC3(CCOCC3)C2)n1. The number of pyridine rings is 1. The van der Waals surface area contributed by atoms with Gasteiger partial charge in [0, 0.05) is 42.3 Å². The summed E-state index contributed by atoms with van der Waals surface area (Å²) in [6.45, 7) is 4.22. The monoisotopic (exact) mass is 259 g/mol. The molecule has 0 bridgehead atoms. The van der Waals surface area contributed by atoms with E-state index < -0.39 is 0 Å². The van der Waals surface area contributed by atoms with Crippen LogP contribution in [-0.4, -0.2) is 31.3 Å². The molecule has 3 heterocycles. The lowest BCUT2D eigenvalue weighted by Crippen LogP contribution is -2.58. The van der Waals surface area contributed by atoms with Gasteiger partial charge in [0.05, 0.1) is 6.54 Å². The molecule has 0 radical (unpaired) electrons. The van der Waals surface area contributed by atoms with Gasteiger partial charge in [0.2, 0.25) is 0 Å². The average molecular weight is 259 g/mol. The molecule has 2 fully saturated rings. The maximum absolute atomic E-state index is 8.34. The Morgan fingerprint density at radius 1 is 1.37 bits per heavy atom. The predicted octanol–water partition coefficient (Wildman–Crippen LogP) is 2.51. The maximum Gasteiger partial charge on any atom is 0.128 e. The van der Waals surface area contributed by atoms with Crippen molar-refractivity contribution in [3.63, 3.8) is 0 Å². The van der Waals surface area contributed by atoms with Gasteiger partial charge in [-0.25, -0.2) is 4.98 Å². The van der Waals surface area contributed by atoms with Crippen LogP contribution in [0.1, 0.15) is 18.5 Å². The zero-order chi connectivity index (χ0) is 13.1. The Balaban J connectivity index is 1.66. The summed E-state index contributed by atoms with van der Waals surface area (Å²) in [6, 6.07) is 5.88. The van der Waals surface area contributed by atoms with Gasteiger partial charge in [-0.3, -0.25) is 0 Å². The Kier molecular flexibility index (Phi) is 3.27. The molecule has 0 saturated carbocycles. The lowest BCUT2D eigenvalue weighted by Gasteiger charge is -2.52. The fraction of sp³-hybridized carbons (Fsp3) is 0.615. The molecule has 2 saturated heterocycles. The highest BCUT2D eigenvalue weighted by atomic mass is 16.5. The van der Waals surface area contributed by atoms with Crippen LogP contribution in [0.4, 0.5) is 5.82 Å². The second kappa shape index (κ2) is 5.07. The lowest BCUT2D eigenvalue weighted by molar-refractivity contribution is -0.000463. The number of nitrogens with zero attached hydrogens (tertiary/aromatic N) is 5. The molecule has 0 aliphatic carbocycles. The van der Waals surface area contributed by atoms with Crippen LogP contribution in [-0.2, 0) is 11.3 Å². The number of ether oxygens (including phenoxy) is 1. The largest absolute Gasteiger partial charge is 0.381 e. The van der Waals surface area contributed by atoms with Crippen molar-refractivity contribution in [2.45, 2.75) is 19.4 Å². The molecule has 0 aromatic carbocycles. The van der Waals surface area contributed by atoms with Gasteiger partial charge in [0.15, 0.2) is 0 Å². The molecule has 2 aliphatic heterocycles. The first-order chi connectivity index (χ1) is 9.31. The molecule has 6 nitrogen and oxygen atoms in total. The van der Waals surface area contributed by atoms with Gasteiger partial charge in [0.1, 0.15) is 5.82 Å². The van der Waals surface area contributed by atoms with Crippen molar-refractivity contribution in [2.75, 3.05) is 31.2 Å². The van der Waals surface area contributed by atoms with Crippen LogP contribution in [0.5, 0.6) is 0 Å². The molecule has 1 spiro atoms. The molecular formula is C13H17N5O. The van der Waals surface area contributed by atoms with Crippen molar-refractivity contribution in [1.82, 2.24) is 4.98 Å². The molecule has 0 unspecified atom stereocenters. The van der Waals surface area contributed by atoms with Crippen LogP contribution in [0.25, 0.3) is 10.4 Å². The molecular weight excluding hydrogens is 242 g/mol. The summed E-state index contributed by atoms with van der Waals surface area (Å²) in [7, 11) is 0. The van der Waals surface area contributed by atoms with E-state index >= 15 is 0 Å². The van der Waals surface area contributed by atoms with E-state index in [0.717, 1.165) is 50.7 Å². The van der Waals surface area contributed by atoms with E-state index in [1.807, 2.05) is 18.2 Å². The zero-order valence-electron chi connectivity index (χ0n) is 10.8. The van der Waals surface area contributed by atoms with Crippen molar-refractivity contribution in [2.24, 2.45) is 10.5 Å². The molecule has 6 heteroatoms. The maximum atomic E-state index is 8.34. The van der Waals surface area contributed by atoms with Crippen molar-refractivity contribution >= 4 is 5.82 Å². The first-order valence-electron chi connectivity index (χ1n) is 6.61. The molecule has 1 aromatic rings. The van der Waals surface area contributed by atoms with Crippen LogP contribution in [0, 0.1) is 5.41 Å². The smallest absolute Gasteiger partial charge is 0.128 e. The van der Waals surface area contributed by atoms with E-state index in [1.54, 1.807) is 0 Å². The summed E-state index contributed by atoms with van der Waals surface area (Å²) >= 11 is 0. The molecule has 0 amide bonds. The first-order valence-corrected chi connectivity index (χ1v) is 6.61. The topological polar surface area (TPSA) is 74.1 Å². The van der Waals surface area contributed by atoms with Gasteiger partial charge in [-0.05, 0) is 30.5 Å². The third-order valence-electron chi connectivity index (χ3n) is 4.02. The van der Waals surface area contributed by atoms with E-state index in [2.05, 4.69) is 19.9 Å². The third-order valence-corrected chi connectivity index (χ3v) is 4.02. The number of hydrogen-bond donors (Lipinski definition) is 0. The molecule has 19 heavy (non-hydrogen) atoms. The quantitative estimate of drug-likeness (QED) is 0.475. The highest BCUT2D eigenvalue weighted by molar-refractivity contribution is 5.44. The van der Waals surface area contributed by atoms with E-state index in [0.29, 0.717) is 12.0 Å². The standard InChI is InChI=1S/C13H17N5O/c14-17-15-8-11-2-1-3-12(16-11)18-9-13(10-18)4-6-19-7-5-13/h1-3H,4-10H2. The van der Waals surface area contributed by atoms with E-state index in [9.17, 15) is 0 Å². The minimum absolute atomic E-state index is 0.317. The van der Waals surface area contributed by atoms with Crippen LogP contribution < -0.4 is 4.90 Å². The number of hydrogen-bond acceptors (Lipinski definition) is 4. The van der Waals surface area contributed by atoms with E-state index in [1.165, 1.54) is 0 Å². The van der Waals surface area contributed by atoms with Gasteiger partial charge in [-0.1, -0.05) is 11.2 Å². The summed E-state index contributed by atoms with van der Waals surface area (Å²) in [5.41, 5.74) is 9.61. The molecule has 1 aromatic heterocycles. The van der Waals surface area contributed by atoms with Gasteiger partial charge < -0.3 is 9.64 Å². The third kappa shape index (κ3) is 2.50. The molecule has 100 valence electrons. The van der Waals surface area contributed by atoms with E-state index in [-0.39, 0.29) is 0 Å². The molecule has 0 atom stereocenters. The van der Waals surface area contributed by atoms with E-state index in [4.69, 9.17) is 10.3 Å². The normalized spacial score (nSPS) is 20.7. The van der Waals surface area contributed by atoms with Gasteiger partial charge in [0.25, 0.3) is 0 Å². The fourth-order valence-corrected chi connectivity index (χ4v) is 2.88. The second-order valence-electron chi connectivity index (χ2n) is 5.34. The lowest BCUT2D eigenvalue weighted by atomic mass is 9.73. The summed E-state index contributed by atoms with van der Waals surface area (Å²) in [5.74, 6) is 0.989. The van der Waals surface area contributed by atoms with Crippen LogP contribution in [0.15, 0.2) is 23.3 Å². The second-order valence-corrected chi connectivity index (χ2v) is 5.34. The van der Waals surface area contributed by atoms with Gasteiger partial charge in [-0.2, -0.15) is 0 Å². The predicted molar refractivity (Wildman–Crippen MR) is 71.8 cm³/mol. The van der Waals surface area contributed by atoms with Crippen LogP contribution >= 0.6 is 0 Å². The summed E-state index contributed by atoms with van der Waals surface area (Å²) in [5, 5.41) is 3.55. The van der Waals surface area contributed by atoms with Crippen LogP contribution in [0.2, 0.25) is 0 Å². The van der Waals surface area contributed by atoms with Gasteiger partial charge in [-0.15, -0.1) is 0 Å². The molecule has 2 aliphatic rings. The first kappa shape index (κ1) is 12.3. The Bertz CT molecular complexity index is 498. The average Bonchev–Trinajstić information content (AvgIpc) is 2.43. The minimum Gasteiger partial charge on any atom is -0.381 e. The van der Waals surface area contributed by atoms with Crippen molar-refractivity contribution in [3.8, 4) is 0 Å². The number of azide groups is 1. The van der Waals surface area contributed by atoms with Crippen LogP contribution in [0.3, 0.4) is 0 Å². The fourth-order valence-electron chi connectivity index (χ4n) is 2.88. The summed E-state index contributed by atoms with van der Waals surface area (Å²) < 4.78 is 5.42. The Morgan fingerprint density at radius 2 is 2.16 bits per heavy atom. The van der Waals surface area contributed by atoms with Crippen molar-refractivity contribution in [1.29, 1.82) is 0 Å². The number of anilines is 1. The van der Waals surface area contributed by atoms with Gasteiger partial charge >= 0.3 is 0 Å².